The summed E-state index contributed by atoms with van der Waals surface area (Å²) in [5, 5.41) is 0. The molecule has 0 unspecified atom stereocenters. The van der Waals surface area contributed by atoms with E-state index in [2.05, 4.69) is 0 Å². The average molecular weight is 319 g/mol. The van der Waals surface area contributed by atoms with E-state index < -0.39 is 0 Å². The van der Waals surface area contributed by atoms with Crippen LogP contribution in [-0.2, 0) is 4.79 Å². The van der Waals surface area contributed by atoms with Crippen molar-refractivity contribution >= 4 is 40.3 Å². The molecule has 1 amide bonds. The standard InChI is InChI=1S/C16H17NO2S2/c1-19-13-9-5-2-6-11(13)10-14-15(18)17(16(20)21-14)12-7-3-4-8-12/h2,5-6,9-10,12H,3-4,7-8H2,1H3/b14-10-. The number of rotatable bonds is 3. The fourth-order valence-corrected chi connectivity index (χ4v) is 4.28. The van der Waals surface area contributed by atoms with Gasteiger partial charge in [-0.1, -0.05) is 55.0 Å². The molecule has 3 rings (SSSR count). The van der Waals surface area contributed by atoms with Gasteiger partial charge in [0, 0.05) is 11.6 Å². The van der Waals surface area contributed by atoms with Crippen LogP contribution in [0.2, 0.25) is 0 Å². The van der Waals surface area contributed by atoms with Crippen LogP contribution in [0.1, 0.15) is 31.2 Å². The van der Waals surface area contributed by atoms with E-state index in [1.54, 1.807) is 7.11 Å². The van der Waals surface area contributed by atoms with Crippen LogP contribution < -0.4 is 4.74 Å². The lowest BCUT2D eigenvalue weighted by atomic mass is 10.1. The summed E-state index contributed by atoms with van der Waals surface area (Å²) in [6.07, 6.45) is 6.39. The van der Waals surface area contributed by atoms with Crippen molar-refractivity contribution in [1.82, 2.24) is 4.90 Å². The van der Waals surface area contributed by atoms with E-state index in [9.17, 15) is 4.79 Å². The highest BCUT2D eigenvalue weighted by Gasteiger charge is 2.38. The first-order valence-electron chi connectivity index (χ1n) is 7.11. The van der Waals surface area contributed by atoms with Crippen LogP contribution in [-0.4, -0.2) is 28.3 Å². The second kappa shape index (κ2) is 6.20. The molecule has 110 valence electrons. The van der Waals surface area contributed by atoms with Crippen LogP contribution in [0.5, 0.6) is 5.75 Å². The first-order chi connectivity index (χ1) is 10.2. The molecule has 1 aliphatic carbocycles. The topological polar surface area (TPSA) is 29.5 Å². The molecule has 1 aromatic carbocycles. The Morgan fingerprint density at radius 1 is 1.33 bits per heavy atom. The predicted molar refractivity (Wildman–Crippen MR) is 90.3 cm³/mol. The van der Waals surface area contributed by atoms with Crippen LogP contribution in [0.15, 0.2) is 29.2 Å². The minimum atomic E-state index is 0.0443. The number of thioether (sulfide) groups is 1. The lowest BCUT2D eigenvalue weighted by Crippen LogP contribution is -2.36. The van der Waals surface area contributed by atoms with E-state index in [1.807, 2.05) is 35.2 Å². The van der Waals surface area contributed by atoms with Crippen molar-refractivity contribution in [2.45, 2.75) is 31.7 Å². The zero-order chi connectivity index (χ0) is 14.8. The zero-order valence-electron chi connectivity index (χ0n) is 11.9. The average Bonchev–Trinajstić information content (AvgIpc) is 3.09. The highest BCUT2D eigenvalue weighted by molar-refractivity contribution is 8.26. The van der Waals surface area contributed by atoms with Gasteiger partial charge in [0.2, 0.25) is 0 Å². The maximum absolute atomic E-state index is 12.6. The van der Waals surface area contributed by atoms with Crippen molar-refractivity contribution in [3.05, 3.63) is 34.7 Å². The molecule has 1 saturated carbocycles. The third kappa shape index (κ3) is 2.85. The molecule has 1 aliphatic heterocycles. The molecule has 3 nitrogen and oxygen atoms in total. The van der Waals surface area contributed by atoms with Gasteiger partial charge in [-0.15, -0.1) is 0 Å². The van der Waals surface area contributed by atoms with Gasteiger partial charge in [0.25, 0.3) is 5.91 Å². The van der Waals surface area contributed by atoms with Gasteiger partial charge in [0.1, 0.15) is 10.1 Å². The third-order valence-corrected chi connectivity index (χ3v) is 5.27. The quantitative estimate of drug-likeness (QED) is 0.625. The Morgan fingerprint density at radius 2 is 2.05 bits per heavy atom. The molecule has 0 spiro atoms. The number of methoxy groups -OCH3 is 1. The Kier molecular flexibility index (Phi) is 4.31. The summed E-state index contributed by atoms with van der Waals surface area (Å²) in [7, 11) is 1.64. The van der Waals surface area contributed by atoms with Gasteiger partial charge in [-0.05, 0) is 25.0 Å². The fourth-order valence-electron chi connectivity index (χ4n) is 2.88. The van der Waals surface area contributed by atoms with E-state index in [0.29, 0.717) is 15.3 Å². The summed E-state index contributed by atoms with van der Waals surface area (Å²) in [5.41, 5.74) is 0.909. The molecule has 2 aliphatic rings. The van der Waals surface area contributed by atoms with Crippen molar-refractivity contribution < 1.29 is 9.53 Å². The first-order valence-corrected chi connectivity index (χ1v) is 8.33. The Labute approximate surface area is 134 Å². The van der Waals surface area contributed by atoms with Crippen LogP contribution in [0.3, 0.4) is 0 Å². The van der Waals surface area contributed by atoms with Crippen LogP contribution in [0, 0.1) is 0 Å². The SMILES string of the molecule is COc1ccccc1/C=C1\SC(=S)N(C2CCCC2)C1=O. The molecule has 0 bridgehead atoms. The molecule has 21 heavy (non-hydrogen) atoms. The molecule has 1 saturated heterocycles. The monoisotopic (exact) mass is 319 g/mol. The number of nitrogens with zero attached hydrogens (tertiary/aromatic N) is 1. The van der Waals surface area contributed by atoms with E-state index in [1.165, 1.54) is 24.6 Å². The number of hydrogen-bond acceptors (Lipinski definition) is 4. The number of benzene rings is 1. The molecular formula is C16H17NO2S2. The van der Waals surface area contributed by atoms with E-state index in [0.717, 1.165) is 24.2 Å². The molecule has 5 heteroatoms. The molecule has 0 N–H and O–H groups in total. The summed E-state index contributed by atoms with van der Waals surface area (Å²) in [6.45, 7) is 0. The van der Waals surface area contributed by atoms with Gasteiger partial charge in [0.05, 0.1) is 12.0 Å². The Hall–Kier alpha value is -1.33. The minimum absolute atomic E-state index is 0.0443. The molecular weight excluding hydrogens is 302 g/mol. The van der Waals surface area contributed by atoms with Crippen LogP contribution in [0.4, 0.5) is 0 Å². The van der Waals surface area contributed by atoms with Crippen LogP contribution >= 0.6 is 24.0 Å². The molecule has 0 atom stereocenters. The number of ether oxygens (including phenoxy) is 1. The number of thiocarbonyl (C=S) groups is 1. The number of hydrogen-bond donors (Lipinski definition) is 0. The lowest BCUT2D eigenvalue weighted by molar-refractivity contribution is -0.123. The second-order valence-electron chi connectivity index (χ2n) is 5.23. The van der Waals surface area contributed by atoms with Crippen molar-refractivity contribution in [2.75, 3.05) is 7.11 Å². The van der Waals surface area contributed by atoms with Crippen molar-refractivity contribution in [2.24, 2.45) is 0 Å². The third-order valence-electron chi connectivity index (χ3n) is 3.94. The van der Waals surface area contributed by atoms with Crippen molar-refractivity contribution in [1.29, 1.82) is 0 Å². The number of carbonyl (C=O) groups excluding carboxylic acids is 1. The second-order valence-corrected chi connectivity index (χ2v) is 6.91. The summed E-state index contributed by atoms with van der Waals surface area (Å²) in [4.78, 5) is 15.1. The zero-order valence-corrected chi connectivity index (χ0v) is 13.5. The lowest BCUT2D eigenvalue weighted by Gasteiger charge is -2.21. The molecule has 1 aromatic rings. The summed E-state index contributed by atoms with van der Waals surface area (Å²) in [5.74, 6) is 0.812. The first kappa shape index (κ1) is 14.6. The summed E-state index contributed by atoms with van der Waals surface area (Å²) < 4.78 is 6.02. The van der Waals surface area contributed by atoms with Crippen molar-refractivity contribution in [3.8, 4) is 5.75 Å². The molecule has 0 aromatic heterocycles. The van der Waals surface area contributed by atoms with Crippen LogP contribution in [0.25, 0.3) is 6.08 Å². The van der Waals surface area contributed by atoms with E-state index in [4.69, 9.17) is 17.0 Å². The molecule has 1 heterocycles. The fraction of sp³-hybridized carbons (Fsp3) is 0.375. The van der Waals surface area contributed by atoms with Gasteiger partial charge < -0.3 is 4.74 Å². The largest absolute Gasteiger partial charge is 0.496 e. The van der Waals surface area contributed by atoms with Gasteiger partial charge in [-0.2, -0.15) is 0 Å². The van der Waals surface area contributed by atoms with Gasteiger partial charge in [-0.25, -0.2) is 0 Å². The normalized spacial score (nSPS) is 21.6. The Morgan fingerprint density at radius 3 is 2.76 bits per heavy atom. The summed E-state index contributed by atoms with van der Waals surface area (Å²) >= 11 is 6.80. The smallest absolute Gasteiger partial charge is 0.266 e. The van der Waals surface area contributed by atoms with E-state index >= 15 is 0 Å². The maximum Gasteiger partial charge on any atom is 0.266 e. The van der Waals surface area contributed by atoms with Gasteiger partial charge in [0.15, 0.2) is 0 Å². The Balaban J connectivity index is 1.88. The van der Waals surface area contributed by atoms with E-state index in [-0.39, 0.29) is 5.91 Å². The highest BCUT2D eigenvalue weighted by atomic mass is 32.2. The van der Waals surface area contributed by atoms with Gasteiger partial charge >= 0.3 is 0 Å². The highest BCUT2D eigenvalue weighted by Crippen LogP contribution is 2.38. The maximum atomic E-state index is 12.6. The Bertz CT molecular complexity index is 606. The van der Waals surface area contributed by atoms with Crippen molar-refractivity contribution in [3.63, 3.8) is 0 Å². The number of amides is 1. The predicted octanol–water partition coefficient (Wildman–Crippen LogP) is 3.84. The van der Waals surface area contributed by atoms with Gasteiger partial charge in [-0.3, -0.25) is 9.69 Å². The number of para-hydroxylation sites is 1. The number of carbonyl (C=O) groups is 1. The minimum Gasteiger partial charge on any atom is -0.496 e. The molecule has 2 fully saturated rings. The summed E-state index contributed by atoms with van der Waals surface area (Å²) in [6, 6.07) is 7.98. The molecule has 0 radical (unpaired) electrons.